The van der Waals surface area contributed by atoms with Crippen molar-refractivity contribution < 1.29 is 27.7 Å². The van der Waals surface area contributed by atoms with Gasteiger partial charge in [0.05, 0.1) is 22.0 Å². The number of benzene rings is 1. The Morgan fingerprint density at radius 3 is 2.68 bits per heavy atom. The molecule has 2 aliphatic rings. The summed E-state index contributed by atoms with van der Waals surface area (Å²) in [6.07, 6.45) is 2.37. The number of esters is 1. The van der Waals surface area contributed by atoms with Crippen molar-refractivity contribution in [3.63, 3.8) is 0 Å². The minimum absolute atomic E-state index is 0.0144. The highest BCUT2D eigenvalue weighted by Crippen LogP contribution is 2.32. The lowest BCUT2D eigenvalue weighted by molar-refractivity contribution is -0.384. The van der Waals surface area contributed by atoms with Crippen LogP contribution in [-0.4, -0.2) is 74.4 Å². The van der Waals surface area contributed by atoms with Crippen LogP contribution >= 0.6 is 0 Å². The van der Waals surface area contributed by atoms with Crippen LogP contribution in [0.4, 0.5) is 11.4 Å². The number of sulfone groups is 1. The minimum Gasteiger partial charge on any atom is -0.452 e. The Bertz CT molecular complexity index is 979. The maximum absolute atomic E-state index is 12.4. The topological polar surface area (TPSA) is 127 Å². The van der Waals surface area contributed by atoms with Crippen LogP contribution in [-0.2, 0) is 19.4 Å². The molecule has 31 heavy (non-hydrogen) atoms. The van der Waals surface area contributed by atoms with Crippen molar-refractivity contribution in [3.8, 4) is 0 Å². The number of rotatable bonds is 6. The monoisotopic (exact) mass is 453 g/mol. The molecule has 2 heterocycles. The van der Waals surface area contributed by atoms with E-state index in [0.717, 1.165) is 12.8 Å². The number of piperidine rings is 1. The van der Waals surface area contributed by atoms with Gasteiger partial charge in [0.15, 0.2) is 16.4 Å². The SMILES string of the molecule is C[C@H]1CCCN(c2ccc(C(=O)OCC(=O)N(C)[C@@H]3CCS(=O)(=O)C3)cc2[N+](=O)[O-])C1. The summed E-state index contributed by atoms with van der Waals surface area (Å²) in [6.45, 7) is 2.96. The number of nitrogens with zero attached hydrogens (tertiary/aromatic N) is 3. The third kappa shape index (κ3) is 5.52. The molecule has 2 aliphatic heterocycles. The number of carbonyl (C=O) groups is 2. The smallest absolute Gasteiger partial charge is 0.338 e. The van der Waals surface area contributed by atoms with Crippen molar-refractivity contribution in [1.82, 2.24) is 4.90 Å². The predicted octanol–water partition coefficient (Wildman–Crippen LogP) is 1.63. The number of nitro groups is 1. The summed E-state index contributed by atoms with van der Waals surface area (Å²) in [5, 5.41) is 11.6. The largest absolute Gasteiger partial charge is 0.452 e. The van der Waals surface area contributed by atoms with Gasteiger partial charge in [-0.25, -0.2) is 13.2 Å². The van der Waals surface area contributed by atoms with Crippen molar-refractivity contribution in [2.24, 2.45) is 5.92 Å². The molecule has 2 fully saturated rings. The van der Waals surface area contributed by atoms with Gasteiger partial charge < -0.3 is 14.5 Å². The van der Waals surface area contributed by atoms with E-state index in [4.69, 9.17) is 4.74 Å². The third-order valence-corrected chi connectivity index (χ3v) is 7.63. The number of hydrogen-bond donors (Lipinski definition) is 0. The van der Waals surface area contributed by atoms with Crippen molar-refractivity contribution in [2.45, 2.75) is 32.2 Å². The summed E-state index contributed by atoms with van der Waals surface area (Å²) in [7, 11) is -1.67. The molecule has 3 rings (SSSR count). The van der Waals surface area contributed by atoms with E-state index in [1.807, 2.05) is 4.90 Å². The fourth-order valence-corrected chi connectivity index (χ4v) is 5.84. The van der Waals surface area contributed by atoms with Crippen molar-refractivity contribution in [2.75, 3.05) is 43.1 Å². The molecular formula is C20H27N3O7S. The molecular weight excluding hydrogens is 426 g/mol. The highest BCUT2D eigenvalue weighted by atomic mass is 32.2. The number of carbonyl (C=O) groups excluding carboxylic acids is 2. The zero-order valence-electron chi connectivity index (χ0n) is 17.7. The van der Waals surface area contributed by atoms with Crippen LogP contribution in [0, 0.1) is 16.0 Å². The molecule has 0 spiro atoms. The minimum atomic E-state index is -3.15. The molecule has 0 radical (unpaired) electrons. The van der Waals surface area contributed by atoms with E-state index >= 15 is 0 Å². The Hall–Kier alpha value is -2.69. The van der Waals surface area contributed by atoms with Crippen LogP contribution < -0.4 is 4.90 Å². The van der Waals surface area contributed by atoms with Crippen LogP contribution in [0.15, 0.2) is 18.2 Å². The maximum atomic E-state index is 12.4. The van der Waals surface area contributed by atoms with Crippen LogP contribution in [0.25, 0.3) is 0 Å². The first kappa shape index (κ1) is 23.0. The molecule has 0 N–H and O–H groups in total. The number of nitro benzene ring substituents is 1. The molecule has 10 nitrogen and oxygen atoms in total. The third-order valence-electron chi connectivity index (χ3n) is 5.88. The van der Waals surface area contributed by atoms with Gasteiger partial charge >= 0.3 is 5.97 Å². The summed E-state index contributed by atoms with van der Waals surface area (Å²) >= 11 is 0. The molecule has 2 atom stereocenters. The van der Waals surface area contributed by atoms with Gasteiger partial charge in [0, 0.05) is 32.2 Å². The van der Waals surface area contributed by atoms with E-state index in [-0.39, 0.29) is 22.8 Å². The highest BCUT2D eigenvalue weighted by molar-refractivity contribution is 7.91. The maximum Gasteiger partial charge on any atom is 0.338 e. The van der Waals surface area contributed by atoms with Gasteiger partial charge in [-0.2, -0.15) is 0 Å². The Morgan fingerprint density at radius 2 is 2.06 bits per heavy atom. The Balaban J connectivity index is 1.65. The normalized spacial score (nSPS) is 22.7. The van der Waals surface area contributed by atoms with Gasteiger partial charge in [0.2, 0.25) is 0 Å². The molecule has 2 saturated heterocycles. The molecule has 1 amide bonds. The van der Waals surface area contributed by atoms with Gasteiger partial charge in [-0.3, -0.25) is 14.9 Å². The molecule has 1 aromatic carbocycles. The lowest BCUT2D eigenvalue weighted by atomic mass is 9.99. The molecule has 11 heteroatoms. The highest BCUT2D eigenvalue weighted by Gasteiger charge is 2.33. The number of ether oxygens (including phenoxy) is 1. The molecule has 1 aromatic rings. The second-order valence-corrected chi connectivity index (χ2v) is 10.5. The average Bonchev–Trinajstić information content (AvgIpc) is 3.10. The summed E-state index contributed by atoms with van der Waals surface area (Å²) in [5.74, 6) is -1.02. The van der Waals surface area contributed by atoms with E-state index in [0.29, 0.717) is 31.1 Å². The number of anilines is 1. The van der Waals surface area contributed by atoms with Crippen LogP contribution in [0.2, 0.25) is 0 Å². The lowest BCUT2D eigenvalue weighted by Crippen LogP contribution is -2.40. The van der Waals surface area contributed by atoms with Crippen molar-refractivity contribution in [1.29, 1.82) is 0 Å². The summed E-state index contributed by atoms with van der Waals surface area (Å²) < 4.78 is 28.2. The Kier molecular flexibility index (Phi) is 6.83. The van der Waals surface area contributed by atoms with Crippen molar-refractivity contribution >= 4 is 33.1 Å². The standard InChI is InChI=1S/C20H27N3O7S/c1-14-4-3-8-22(11-14)17-6-5-15(10-18(17)23(26)27)20(25)30-12-19(24)21(2)16-7-9-31(28,29)13-16/h5-6,10,14,16H,3-4,7-9,11-13H2,1-2H3/t14-,16+/m0/s1. The fraction of sp³-hybridized carbons (Fsp3) is 0.600. The van der Waals surface area contributed by atoms with Crippen molar-refractivity contribution in [3.05, 3.63) is 33.9 Å². The molecule has 0 unspecified atom stereocenters. The first-order valence-electron chi connectivity index (χ1n) is 10.2. The zero-order valence-corrected chi connectivity index (χ0v) is 18.5. The zero-order chi connectivity index (χ0) is 22.8. The van der Waals surface area contributed by atoms with Crippen LogP contribution in [0.3, 0.4) is 0 Å². The second kappa shape index (κ2) is 9.21. The fourth-order valence-electron chi connectivity index (χ4n) is 4.07. The first-order chi connectivity index (χ1) is 14.6. The number of likely N-dealkylation sites (N-methyl/N-ethyl adjacent to an activating group) is 1. The molecule has 170 valence electrons. The predicted molar refractivity (Wildman–Crippen MR) is 114 cm³/mol. The van der Waals surface area contributed by atoms with Crippen LogP contribution in [0.5, 0.6) is 0 Å². The van der Waals surface area contributed by atoms with E-state index < -0.39 is 39.3 Å². The van der Waals surface area contributed by atoms with Gasteiger partial charge in [0.1, 0.15) is 5.69 Å². The van der Waals surface area contributed by atoms with E-state index in [1.165, 1.54) is 24.1 Å². The Labute approximate surface area is 181 Å². The average molecular weight is 454 g/mol. The summed E-state index contributed by atoms with van der Waals surface area (Å²) in [6, 6.07) is 3.74. The molecule has 0 aliphatic carbocycles. The quantitative estimate of drug-likeness (QED) is 0.361. The number of amides is 1. The second-order valence-electron chi connectivity index (χ2n) is 8.29. The first-order valence-corrected chi connectivity index (χ1v) is 12.1. The van der Waals surface area contributed by atoms with Crippen LogP contribution in [0.1, 0.15) is 36.5 Å². The van der Waals surface area contributed by atoms with E-state index in [1.54, 1.807) is 6.07 Å². The lowest BCUT2D eigenvalue weighted by Gasteiger charge is -2.32. The Morgan fingerprint density at radius 1 is 1.32 bits per heavy atom. The molecule has 0 aromatic heterocycles. The van der Waals surface area contributed by atoms with Gasteiger partial charge in [0.25, 0.3) is 11.6 Å². The molecule has 0 bridgehead atoms. The summed E-state index contributed by atoms with van der Waals surface area (Å²) in [4.78, 5) is 39.0. The number of hydrogen-bond acceptors (Lipinski definition) is 8. The van der Waals surface area contributed by atoms with Gasteiger partial charge in [-0.05, 0) is 37.3 Å². The van der Waals surface area contributed by atoms with E-state index in [9.17, 15) is 28.1 Å². The van der Waals surface area contributed by atoms with E-state index in [2.05, 4.69) is 6.92 Å². The van der Waals surface area contributed by atoms with Gasteiger partial charge in [-0.15, -0.1) is 0 Å². The van der Waals surface area contributed by atoms with Gasteiger partial charge in [-0.1, -0.05) is 6.92 Å². The molecule has 0 saturated carbocycles. The summed E-state index contributed by atoms with van der Waals surface area (Å²) in [5.41, 5.74) is 0.272.